The molecule has 0 saturated heterocycles. The van der Waals surface area contributed by atoms with Gasteiger partial charge in [0.2, 0.25) is 0 Å². The van der Waals surface area contributed by atoms with E-state index < -0.39 is 0 Å². The van der Waals surface area contributed by atoms with Gasteiger partial charge < -0.3 is 0 Å². The van der Waals surface area contributed by atoms with Crippen molar-refractivity contribution >= 4 is 0 Å². The molecule has 0 N–H and O–H groups in total. The lowest BCUT2D eigenvalue weighted by atomic mass is 9.51. The van der Waals surface area contributed by atoms with Crippen molar-refractivity contribution in [3.8, 4) is 0 Å². The van der Waals surface area contributed by atoms with E-state index in [4.69, 9.17) is 0 Å². The van der Waals surface area contributed by atoms with Gasteiger partial charge in [-0.2, -0.15) is 0 Å². The Hall–Kier alpha value is -0.260. The monoisotopic (exact) mass is 298 g/mol. The molecule has 0 aliphatic heterocycles. The van der Waals surface area contributed by atoms with Gasteiger partial charge in [0.05, 0.1) is 0 Å². The maximum absolute atomic E-state index is 2.81. The Labute approximate surface area is 137 Å². The Bertz CT molecular complexity index is 447. The molecule has 0 spiro atoms. The first-order chi connectivity index (χ1) is 10.9. The Morgan fingerprint density at radius 2 is 1.32 bits per heavy atom. The first kappa shape index (κ1) is 14.1. The zero-order valence-electron chi connectivity index (χ0n) is 14.3. The highest BCUT2D eigenvalue weighted by molar-refractivity contribution is 5.22. The van der Waals surface area contributed by atoms with Crippen molar-refractivity contribution in [1.82, 2.24) is 0 Å². The van der Waals surface area contributed by atoms with E-state index in [9.17, 15) is 0 Å². The molecule has 0 heterocycles. The molecule has 0 nitrogen and oxygen atoms in total. The third-order valence-corrected chi connectivity index (χ3v) is 8.69. The number of hydrogen-bond donors (Lipinski definition) is 0. The van der Waals surface area contributed by atoms with Gasteiger partial charge in [-0.1, -0.05) is 43.8 Å². The van der Waals surface area contributed by atoms with Crippen LogP contribution in [0.3, 0.4) is 0 Å². The molecule has 4 saturated carbocycles. The molecular weight excluding hydrogens is 264 g/mol. The van der Waals surface area contributed by atoms with E-state index in [-0.39, 0.29) is 0 Å². The third kappa shape index (κ3) is 2.15. The molecule has 22 heavy (non-hydrogen) atoms. The molecule has 0 aromatic rings. The van der Waals surface area contributed by atoms with Crippen LogP contribution in [0.4, 0.5) is 0 Å². The maximum atomic E-state index is 2.81. The summed E-state index contributed by atoms with van der Waals surface area (Å²) in [5.41, 5.74) is 1.99. The van der Waals surface area contributed by atoms with Crippen molar-refractivity contribution in [2.45, 2.75) is 83.5 Å². The van der Waals surface area contributed by atoms with Crippen LogP contribution < -0.4 is 0 Å². The topological polar surface area (TPSA) is 0 Å². The van der Waals surface area contributed by atoms with Crippen molar-refractivity contribution in [2.24, 2.45) is 41.4 Å². The zero-order chi connectivity index (χ0) is 14.5. The van der Waals surface area contributed by atoms with E-state index >= 15 is 0 Å². The average Bonchev–Trinajstić information content (AvgIpc) is 2.60. The summed E-state index contributed by atoms with van der Waals surface area (Å²) in [6.07, 6.45) is 22.9. The van der Waals surface area contributed by atoms with Gasteiger partial charge in [0, 0.05) is 0 Å². The van der Waals surface area contributed by atoms with Crippen molar-refractivity contribution in [2.75, 3.05) is 0 Å². The van der Waals surface area contributed by atoms with Crippen molar-refractivity contribution in [3.05, 3.63) is 11.6 Å². The molecular formula is C22H34. The minimum atomic E-state index is 1.03. The second kappa shape index (κ2) is 5.67. The highest BCUT2D eigenvalue weighted by atomic mass is 14.5. The van der Waals surface area contributed by atoms with E-state index in [0.717, 1.165) is 41.4 Å². The number of allylic oxidation sites excluding steroid dienone is 2. The Balaban J connectivity index is 1.42. The normalized spacial score (nSPS) is 50.9. The van der Waals surface area contributed by atoms with Crippen LogP contribution in [0.15, 0.2) is 11.6 Å². The van der Waals surface area contributed by atoms with Gasteiger partial charge >= 0.3 is 0 Å². The molecule has 5 aliphatic carbocycles. The first-order valence-corrected chi connectivity index (χ1v) is 10.6. The molecule has 7 unspecified atom stereocenters. The molecule has 5 rings (SSSR count). The Morgan fingerprint density at radius 3 is 2.27 bits per heavy atom. The van der Waals surface area contributed by atoms with Gasteiger partial charge in [-0.25, -0.2) is 0 Å². The van der Waals surface area contributed by atoms with Crippen LogP contribution in [-0.4, -0.2) is 0 Å². The fourth-order valence-electron chi connectivity index (χ4n) is 7.81. The van der Waals surface area contributed by atoms with Gasteiger partial charge in [0.15, 0.2) is 0 Å². The average molecular weight is 299 g/mol. The van der Waals surface area contributed by atoms with Gasteiger partial charge in [0.1, 0.15) is 0 Å². The van der Waals surface area contributed by atoms with Gasteiger partial charge in [-0.15, -0.1) is 0 Å². The van der Waals surface area contributed by atoms with Crippen LogP contribution in [0, 0.1) is 41.4 Å². The van der Waals surface area contributed by atoms with Crippen LogP contribution in [0.25, 0.3) is 0 Å². The smallest absolute Gasteiger partial charge is 0.0169 e. The summed E-state index contributed by atoms with van der Waals surface area (Å²) in [6.45, 7) is 0. The molecule has 122 valence electrons. The molecule has 4 fully saturated rings. The quantitative estimate of drug-likeness (QED) is 0.456. The maximum Gasteiger partial charge on any atom is -0.0169 e. The Kier molecular flexibility index (Phi) is 3.64. The summed E-state index contributed by atoms with van der Waals surface area (Å²) in [5.74, 6) is 7.57. The van der Waals surface area contributed by atoms with Crippen molar-refractivity contribution in [3.63, 3.8) is 0 Å². The second-order valence-electron chi connectivity index (χ2n) is 9.39. The summed E-state index contributed by atoms with van der Waals surface area (Å²) in [6, 6.07) is 0. The van der Waals surface area contributed by atoms with E-state index in [2.05, 4.69) is 6.08 Å². The first-order valence-electron chi connectivity index (χ1n) is 10.6. The minimum absolute atomic E-state index is 1.03. The molecule has 0 aromatic carbocycles. The number of fused-ring (bicyclic) bond motifs is 7. The lowest BCUT2D eigenvalue weighted by Gasteiger charge is -2.54. The number of hydrogen-bond acceptors (Lipinski definition) is 0. The van der Waals surface area contributed by atoms with E-state index in [1.165, 1.54) is 38.5 Å². The molecule has 0 radical (unpaired) electrons. The van der Waals surface area contributed by atoms with Crippen LogP contribution in [0.5, 0.6) is 0 Å². The number of rotatable bonds is 0. The molecule has 0 aromatic heterocycles. The summed E-state index contributed by atoms with van der Waals surface area (Å²) in [5, 5.41) is 0. The van der Waals surface area contributed by atoms with E-state index in [0.29, 0.717) is 0 Å². The standard InChI is InChI=1S/C22H34/c1-3-7-17-15(5-1)9-11-21-19(17)13-14-20-18-8-4-2-6-16(18)10-12-22(20)21/h13,15-18,20-22H,1-12,14H2. The fourth-order valence-corrected chi connectivity index (χ4v) is 7.81. The molecule has 5 aliphatic rings. The van der Waals surface area contributed by atoms with Crippen LogP contribution in [0.2, 0.25) is 0 Å². The fraction of sp³-hybridized carbons (Fsp3) is 0.909. The summed E-state index contributed by atoms with van der Waals surface area (Å²) >= 11 is 0. The lowest BCUT2D eigenvalue weighted by molar-refractivity contribution is 0.0104. The van der Waals surface area contributed by atoms with Gasteiger partial charge in [0.25, 0.3) is 0 Å². The summed E-state index contributed by atoms with van der Waals surface area (Å²) in [7, 11) is 0. The highest BCUT2D eigenvalue weighted by Gasteiger charge is 2.48. The summed E-state index contributed by atoms with van der Waals surface area (Å²) < 4.78 is 0. The van der Waals surface area contributed by atoms with Crippen molar-refractivity contribution in [1.29, 1.82) is 0 Å². The molecule has 0 heteroatoms. The van der Waals surface area contributed by atoms with E-state index in [1.807, 2.05) is 5.57 Å². The largest absolute Gasteiger partial charge is 0.0845 e. The van der Waals surface area contributed by atoms with Gasteiger partial charge in [-0.05, 0) is 92.8 Å². The molecule has 7 atom stereocenters. The SMILES string of the molecule is C1=C2C3CCCCC3CCC2C2CCC3CCCCC3C2C1. The van der Waals surface area contributed by atoms with Gasteiger partial charge in [-0.3, -0.25) is 0 Å². The lowest BCUT2D eigenvalue weighted by Crippen LogP contribution is -2.45. The molecule has 0 amide bonds. The molecule has 0 bridgehead atoms. The zero-order valence-corrected chi connectivity index (χ0v) is 14.3. The van der Waals surface area contributed by atoms with Crippen LogP contribution >= 0.6 is 0 Å². The van der Waals surface area contributed by atoms with E-state index in [1.54, 1.807) is 44.9 Å². The van der Waals surface area contributed by atoms with Crippen LogP contribution in [-0.2, 0) is 0 Å². The predicted molar refractivity (Wildman–Crippen MR) is 92.5 cm³/mol. The predicted octanol–water partition coefficient (Wildman–Crippen LogP) is 6.37. The van der Waals surface area contributed by atoms with Crippen molar-refractivity contribution < 1.29 is 0 Å². The second-order valence-corrected chi connectivity index (χ2v) is 9.39. The highest BCUT2D eigenvalue weighted by Crippen LogP contribution is 2.58. The summed E-state index contributed by atoms with van der Waals surface area (Å²) in [4.78, 5) is 0. The third-order valence-electron chi connectivity index (χ3n) is 8.69. The Morgan fingerprint density at radius 1 is 0.545 bits per heavy atom. The minimum Gasteiger partial charge on any atom is -0.0845 e. The van der Waals surface area contributed by atoms with Crippen LogP contribution in [0.1, 0.15) is 83.5 Å².